The second-order valence-electron chi connectivity index (χ2n) is 5.29. The lowest BCUT2D eigenvalue weighted by atomic mass is 10.1. The van der Waals surface area contributed by atoms with Crippen LogP contribution in [-0.4, -0.2) is 23.6 Å². The van der Waals surface area contributed by atoms with Crippen LogP contribution in [0.2, 0.25) is 0 Å². The summed E-state index contributed by atoms with van der Waals surface area (Å²) in [6.07, 6.45) is 0.278. The molecular formula is C14H22N2O3. The first-order valence-electron chi connectivity index (χ1n) is 6.50. The van der Waals surface area contributed by atoms with E-state index in [1.165, 1.54) is 6.07 Å². The van der Waals surface area contributed by atoms with Crippen LogP contribution in [0.25, 0.3) is 0 Å². The monoisotopic (exact) mass is 266 g/mol. The van der Waals surface area contributed by atoms with E-state index in [1.807, 2.05) is 11.9 Å². The smallest absolute Gasteiger partial charge is 0.292 e. The van der Waals surface area contributed by atoms with E-state index in [-0.39, 0.29) is 5.69 Å². The van der Waals surface area contributed by atoms with E-state index >= 15 is 0 Å². The van der Waals surface area contributed by atoms with Crippen LogP contribution < -0.4 is 4.90 Å². The molecular weight excluding hydrogens is 244 g/mol. The normalized spacial score (nSPS) is 12.5. The summed E-state index contributed by atoms with van der Waals surface area (Å²) in [4.78, 5) is 12.6. The summed E-state index contributed by atoms with van der Waals surface area (Å²) < 4.78 is 0. The fraction of sp³-hybridized carbons (Fsp3) is 0.571. The molecule has 1 atom stereocenters. The molecule has 0 radical (unpaired) electrons. The zero-order chi connectivity index (χ0) is 14.6. The molecule has 0 saturated heterocycles. The lowest BCUT2D eigenvalue weighted by Gasteiger charge is -2.20. The number of aliphatic hydroxyl groups excluding tert-OH is 1. The van der Waals surface area contributed by atoms with Crippen LogP contribution in [0.15, 0.2) is 18.2 Å². The molecule has 0 fully saturated rings. The number of nitrogens with zero attached hydrogens (tertiary/aromatic N) is 2. The Labute approximate surface area is 114 Å². The number of benzene rings is 1. The van der Waals surface area contributed by atoms with Crippen molar-refractivity contribution in [1.29, 1.82) is 0 Å². The Bertz CT molecular complexity index is 444. The van der Waals surface area contributed by atoms with E-state index in [4.69, 9.17) is 0 Å². The molecule has 0 aromatic heterocycles. The topological polar surface area (TPSA) is 66.6 Å². The van der Waals surface area contributed by atoms with E-state index in [0.717, 1.165) is 13.0 Å². The van der Waals surface area contributed by atoms with Crippen molar-refractivity contribution < 1.29 is 10.0 Å². The standard InChI is InChI=1S/C14H22N2O3/c1-10(2)7-8-15(4)13-6-5-12(11(3)17)9-14(13)16(18)19/h5-6,9-11,17H,7-8H2,1-4H3/t11-/m0/s1. The SMILES string of the molecule is CC(C)CCN(C)c1ccc([C@H](C)O)cc1[N+](=O)[O-]. The number of aliphatic hydroxyl groups is 1. The molecule has 0 amide bonds. The van der Waals surface area contributed by atoms with Crippen molar-refractivity contribution in [3.63, 3.8) is 0 Å². The molecule has 0 spiro atoms. The van der Waals surface area contributed by atoms with Gasteiger partial charge in [-0.3, -0.25) is 10.1 Å². The summed E-state index contributed by atoms with van der Waals surface area (Å²) in [5.74, 6) is 0.554. The lowest BCUT2D eigenvalue weighted by Crippen LogP contribution is -2.21. The zero-order valence-electron chi connectivity index (χ0n) is 12.0. The third kappa shape index (κ3) is 4.21. The highest BCUT2D eigenvalue weighted by Crippen LogP contribution is 2.30. The van der Waals surface area contributed by atoms with Crippen molar-refractivity contribution in [1.82, 2.24) is 0 Å². The molecule has 0 saturated carbocycles. The number of nitro groups is 1. The van der Waals surface area contributed by atoms with Crippen LogP contribution in [0, 0.1) is 16.0 Å². The predicted molar refractivity (Wildman–Crippen MR) is 76.5 cm³/mol. The van der Waals surface area contributed by atoms with Crippen molar-refractivity contribution in [3.05, 3.63) is 33.9 Å². The van der Waals surface area contributed by atoms with Gasteiger partial charge in [-0.25, -0.2) is 0 Å². The Kier molecular flexibility index (Phi) is 5.30. The van der Waals surface area contributed by atoms with Crippen molar-refractivity contribution >= 4 is 11.4 Å². The fourth-order valence-electron chi connectivity index (χ4n) is 1.84. The second kappa shape index (κ2) is 6.52. The Morgan fingerprint density at radius 1 is 1.37 bits per heavy atom. The highest BCUT2D eigenvalue weighted by molar-refractivity contribution is 5.64. The van der Waals surface area contributed by atoms with Crippen molar-refractivity contribution in [2.75, 3.05) is 18.5 Å². The van der Waals surface area contributed by atoms with Gasteiger partial charge in [0.25, 0.3) is 5.69 Å². The van der Waals surface area contributed by atoms with Crippen LogP contribution in [0.3, 0.4) is 0 Å². The van der Waals surface area contributed by atoms with E-state index in [0.29, 0.717) is 17.2 Å². The minimum absolute atomic E-state index is 0.0460. The maximum atomic E-state index is 11.1. The minimum atomic E-state index is -0.700. The van der Waals surface area contributed by atoms with Gasteiger partial charge in [0.2, 0.25) is 0 Å². The summed E-state index contributed by atoms with van der Waals surface area (Å²) in [5, 5.41) is 20.6. The summed E-state index contributed by atoms with van der Waals surface area (Å²) in [7, 11) is 1.85. The molecule has 1 rings (SSSR count). The average molecular weight is 266 g/mol. The molecule has 106 valence electrons. The summed E-state index contributed by atoms with van der Waals surface area (Å²) in [6.45, 7) is 6.62. The average Bonchev–Trinajstić information content (AvgIpc) is 2.34. The van der Waals surface area contributed by atoms with Gasteiger partial charge in [0.05, 0.1) is 11.0 Å². The van der Waals surface area contributed by atoms with Crippen molar-refractivity contribution in [2.24, 2.45) is 5.92 Å². The van der Waals surface area contributed by atoms with E-state index in [9.17, 15) is 15.2 Å². The summed E-state index contributed by atoms with van der Waals surface area (Å²) in [5.41, 5.74) is 1.20. The Hall–Kier alpha value is -1.62. The molecule has 5 heteroatoms. The quantitative estimate of drug-likeness (QED) is 0.634. The van der Waals surface area contributed by atoms with Gasteiger partial charge in [-0.15, -0.1) is 0 Å². The van der Waals surface area contributed by atoms with Crippen LogP contribution >= 0.6 is 0 Å². The van der Waals surface area contributed by atoms with Crippen molar-refractivity contribution in [2.45, 2.75) is 33.3 Å². The van der Waals surface area contributed by atoms with Crippen LogP contribution in [0.1, 0.15) is 38.9 Å². The molecule has 0 heterocycles. The van der Waals surface area contributed by atoms with Crippen LogP contribution in [0.4, 0.5) is 11.4 Å². The second-order valence-corrected chi connectivity index (χ2v) is 5.29. The van der Waals surface area contributed by atoms with Gasteiger partial charge in [0.1, 0.15) is 5.69 Å². The number of hydrogen-bond donors (Lipinski definition) is 1. The van der Waals surface area contributed by atoms with E-state index in [1.54, 1.807) is 19.1 Å². The van der Waals surface area contributed by atoms with Gasteiger partial charge < -0.3 is 10.0 Å². The molecule has 0 aliphatic heterocycles. The number of hydrogen-bond acceptors (Lipinski definition) is 4. The van der Waals surface area contributed by atoms with Gasteiger partial charge >= 0.3 is 0 Å². The lowest BCUT2D eigenvalue weighted by molar-refractivity contribution is -0.384. The molecule has 1 aromatic rings. The predicted octanol–water partition coefficient (Wildman–Crippen LogP) is 3.13. The van der Waals surface area contributed by atoms with E-state index < -0.39 is 11.0 Å². The maximum absolute atomic E-state index is 11.1. The largest absolute Gasteiger partial charge is 0.389 e. The first-order chi connectivity index (χ1) is 8.82. The first-order valence-corrected chi connectivity index (χ1v) is 6.50. The van der Waals surface area contributed by atoms with E-state index in [2.05, 4.69) is 13.8 Å². The number of nitro benzene ring substituents is 1. The van der Waals surface area contributed by atoms with Gasteiger partial charge in [-0.2, -0.15) is 0 Å². The summed E-state index contributed by atoms with van der Waals surface area (Å²) in [6, 6.07) is 4.89. The highest BCUT2D eigenvalue weighted by atomic mass is 16.6. The molecule has 0 aliphatic carbocycles. The third-order valence-electron chi connectivity index (χ3n) is 3.13. The third-order valence-corrected chi connectivity index (χ3v) is 3.13. The van der Waals surface area contributed by atoms with Gasteiger partial charge in [-0.05, 0) is 30.9 Å². The van der Waals surface area contributed by atoms with Crippen molar-refractivity contribution in [3.8, 4) is 0 Å². The molecule has 0 aliphatic rings. The number of rotatable bonds is 6. The van der Waals surface area contributed by atoms with Gasteiger partial charge in [0.15, 0.2) is 0 Å². The molecule has 19 heavy (non-hydrogen) atoms. The van der Waals surface area contributed by atoms with Gasteiger partial charge in [0, 0.05) is 19.7 Å². The Morgan fingerprint density at radius 2 is 2.00 bits per heavy atom. The molecule has 0 bridgehead atoms. The Morgan fingerprint density at radius 3 is 2.47 bits per heavy atom. The zero-order valence-corrected chi connectivity index (χ0v) is 12.0. The maximum Gasteiger partial charge on any atom is 0.292 e. The number of anilines is 1. The molecule has 1 N–H and O–H groups in total. The summed E-state index contributed by atoms with van der Waals surface area (Å²) >= 11 is 0. The van der Waals surface area contributed by atoms with Crippen LogP contribution in [0.5, 0.6) is 0 Å². The first kappa shape index (κ1) is 15.4. The molecule has 0 unspecified atom stereocenters. The van der Waals surface area contributed by atoms with Gasteiger partial charge in [-0.1, -0.05) is 19.9 Å². The fourth-order valence-corrected chi connectivity index (χ4v) is 1.84. The Balaban J connectivity index is 3.02. The molecule has 5 nitrogen and oxygen atoms in total. The molecule has 1 aromatic carbocycles. The minimum Gasteiger partial charge on any atom is -0.389 e. The van der Waals surface area contributed by atoms with Crippen LogP contribution in [-0.2, 0) is 0 Å². The highest BCUT2D eigenvalue weighted by Gasteiger charge is 2.19.